The minimum atomic E-state index is -3.52. The van der Waals surface area contributed by atoms with Gasteiger partial charge in [0.15, 0.2) is 0 Å². The Kier molecular flexibility index (Phi) is 7.27. The van der Waals surface area contributed by atoms with Gasteiger partial charge in [0.05, 0.1) is 5.75 Å². The van der Waals surface area contributed by atoms with Crippen molar-refractivity contribution >= 4 is 60.7 Å². The molecule has 0 unspecified atom stereocenters. The number of amides is 1. The van der Waals surface area contributed by atoms with Gasteiger partial charge in [0.1, 0.15) is 0 Å². The summed E-state index contributed by atoms with van der Waals surface area (Å²) in [6, 6.07) is 10.4. The Labute approximate surface area is 189 Å². The van der Waals surface area contributed by atoms with Crippen molar-refractivity contribution in [2.24, 2.45) is 5.92 Å². The molecule has 0 bridgehead atoms. The summed E-state index contributed by atoms with van der Waals surface area (Å²) in [6.07, 6.45) is 0.962. The van der Waals surface area contributed by atoms with E-state index in [0.29, 0.717) is 41.5 Å². The predicted molar refractivity (Wildman–Crippen MR) is 121 cm³/mol. The molecule has 0 saturated carbocycles. The zero-order valence-corrected chi connectivity index (χ0v) is 19.7. The molecule has 1 amide bonds. The monoisotopic (exact) mass is 518 g/mol. The van der Waals surface area contributed by atoms with Crippen molar-refractivity contribution in [1.29, 1.82) is 0 Å². The van der Waals surface area contributed by atoms with Crippen molar-refractivity contribution in [3.8, 4) is 0 Å². The highest BCUT2D eigenvalue weighted by Gasteiger charge is 2.31. The first-order valence-electron chi connectivity index (χ1n) is 9.14. The Morgan fingerprint density at radius 3 is 2.48 bits per heavy atom. The summed E-state index contributed by atoms with van der Waals surface area (Å²) in [5.41, 5.74) is 2.29. The third-order valence-corrected chi connectivity index (χ3v) is 8.30. The molecule has 29 heavy (non-hydrogen) atoms. The van der Waals surface area contributed by atoms with E-state index in [-0.39, 0.29) is 17.6 Å². The lowest BCUT2D eigenvalue weighted by Gasteiger charge is -2.30. The number of anilines is 1. The molecule has 2 aromatic rings. The van der Waals surface area contributed by atoms with Crippen LogP contribution in [0.25, 0.3) is 0 Å². The summed E-state index contributed by atoms with van der Waals surface area (Å²) in [5.74, 6) is -0.480. The third kappa shape index (κ3) is 5.73. The van der Waals surface area contributed by atoms with E-state index in [1.54, 1.807) is 12.1 Å². The van der Waals surface area contributed by atoms with Crippen LogP contribution < -0.4 is 5.32 Å². The third-order valence-electron chi connectivity index (χ3n) is 5.00. The number of aryl methyl sites for hydroxylation is 1. The number of sulfonamides is 1. The average molecular weight is 520 g/mol. The van der Waals surface area contributed by atoms with Gasteiger partial charge >= 0.3 is 0 Å². The Hall–Kier alpha value is -1.12. The molecule has 1 N–H and O–H groups in total. The fourth-order valence-corrected chi connectivity index (χ4v) is 5.69. The van der Waals surface area contributed by atoms with Gasteiger partial charge in [0.25, 0.3) is 0 Å². The van der Waals surface area contributed by atoms with Crippen molar-refractivity contribution < 1.29 is 13.2 Å². The Morgan fingerprint density at radius 1 is 1.17 bits per heavy atom. The number of carbonyl (C=O) groups excluding carboxylic acids is 1. The number of nitrogens with zero attached hydrogens (tertiary/aromatic N) is 1. The van der Waals surface area contributed by atoms with E-state index in [1.165, 1.54) is 10.4 Å². The highest BCUT2D eigenvalue weighted by atomic mass is 79.9. The summed E-state index contributed by atoms with van der Waals surface area (Å²) in [5, 5.41) is 3.72. The molecule has 0 radical (unpaired) electrons. The molecule has 1 aliphatic rings. The number of piperidine rings is 1. The van der Waals surface area contributed by atoms with E-state index in [0.717, 1.165) is 15.7 Å². The van der Waals surface area contributed by atoms with Crippen LogP contribution in [0.4, 0.5) is 5.69 Å². The number of hydrogen-bond acceptors (Lipinski definition) is 3. The Balaban J connectivity index is 1.58. The van der Waals surface area contributed by atoms with Gasteiger partial charge in [0, 0.05) is 39.2 Å². The lowest BCUT2D eigenvalue weighted by atomic mass is 9.97. The maximum Gasteiger partial charge on any atom is 0.227 e. The van der Waals surface area contributed by atoms with Gasteiger partial charge in [-0.25, -0.2) is 12.7 Å². The average Bonchev–Trinajstić information content (AvgIpc) is 2.67. The molecule has 1 saturated heterocycles. The molecule has 0 aromatic heterocycles. The fourth-order valence-electron chi connectivity index (χ4n) is 3.29. The molecule has 1 aliphatic heterocycles. The van der Waals surface area contributed by atoms with Crippen molar-refractivity contribution in [2.75, 3.05) is 18.4 Å². The topological polar surface area (TPSA) is 66.5 Å². The zero-order chi connectivity index (χ0) is 21.2. The van der Waals surface area contributed by atoms with Crippen LogP contribution >= 0.6 is 39.1 Å². The van der Waals surface area contributed by atoms with Crippen LogP contribution in [0.5, 0.6) is 0 Å². The Morgan fingerprint density at radius 2 is 1.86 bits per heavy atom. The van der Waals surface area contributed by atoms with Gasteiger partial charge in [-0.15, -0.1) is 0 Å². The second-order valence-electron chi connectivity index (χ2n) is 7.12. The maximum atomic E-state index is 12.8. The van der Waals surface area contributed by atoms with E-state index >= 15 is 0 Å². The molecule has 0 spiro atoms. The van der Waals surface area contributed by atoms with Gasteiger partial charge in [-0.1, -0.05) is 45.2 Å². The summed E-state index contributed by atoms with van der Waals surface area (Å²) in [7, 11) is -3.52. The van der Waals surface area contributed by atoms with E-state index < -0.39 is 10.0 Å². The van der Waals surface area contributed by atoms with Gasteiger partial charge in [0.2, 0.25) is 15.9 Å². The van der Waals surface area contributed by atoms with E-state index in [9.17, 15) is 13.2 Å². The molecule has 0 aliphatic carbocycles. The quantitative estimate of drug-likeness (QED) is 0.587. The van der Waals surface area contributed by atoms with Crippen molar-refractivity contribution in [3.05, 3.63) is 62.0 Å². The lowest BCUT2D eigenvalue weighted by molar-refractivity contribution is -0.120. The van der Waals surface area contributed by atoms with E-state index in [1.807, 2.05) is 25.1 Å². The molecule has 5 nitrogen and oxygen atoms in total. The largest absolute Gasteiger partial charge is 0.326 e. The second-order valence-corrected chi connectivity index (χ2v) is 10.8. The molecule has 0 atom stereocenters. The minimum absolute atomic E-state index is 0.0792. The second kappa shape index (κ2) is 9.35. The standard InChI is InChI=1S/C20H21BrCl2N2O3S/c1-13-10-17(4-5-18(13)21)24-20(26)14-6-8-25(9-7-14)29(27,28)12-15-2-3-16(22)11-19(15)23/h2-5,10-11,14H,6-9,12H2,1H3,(H,24,26). The van der Waals surface area contributed by atoms with Gasteiger partial charge in [-0.05, 0) is 61.2 Å². The number of nitrogens with one attached hydrogen (secondary N) is 1. The number of rotatable bonds is 5. The fraction of sp³-hybridized carbons (Fsp3) is 0.350. The first-order valence-corrected chi connectivity index (χ1v) is 12.3. The van der Waals surface area contributed by atoms with E-state index in [2.05, 4.69) is 21.2 Å². The normalized spacial score (nSPS) is 16.0. The molecule has 2 aromatic carbocycles. The highest BCUT2D eigenvalue weighted by Crippen LogP contribution is 2.27. The number of carbonyl (C=O) groups is 1. The molecule has 1 fully saturated rings. The smallest absolute Gasteiger partial charge is 0.227 e. The number of halogens is 3. The maximum absolute atomic E-state index is 12.8. The highest BCUT2D eigenvalue weighted by molar-refractivity contribution is 9.10. The predicted octanol–water partition coefficient (Wildman–Crippen LogP) is 5.24. The molecule has 156 valence electrons. The van der Waals surface area contributed by atoms with Crippen LogP contribution in [0.3, 0.4) is 0 Å². The molecule has 9 heteroatoms. The minimum Gasteiger partial charge on any atom is -0.326 e. The van der Waals surface area contributed by atoms with Crippen LogP contribution in [-0.2, 0) is 20.6 Å². The van der Waals surface area contributed by atoms with Crippen molar-refractivity contribution in [2.45, 2.75) is 25.5 Å². The van der Waals surface area contributed by atoms with Gasteiger partial charge in [-0.2, -0.15) is 0 Å². The first-order chi connectivity index (χ1) is 13.7. The van der Waals surface area contributed by atoms with Crippen LogP contribution in [-0.4, -0.2) is 31.7 Å². The lowest BCUT2D eigenvalue weighted by Crippen LogP contribution is -2.41. The van der Waals surface area contributed by atoms with Crippen LogP contribution in [0.2, 0.25) is 10.0 Å². The summed E-state index contributed by atoms with van der Waals surface area (Å²) < 4.78 is 27.9. The summed E-state index contributed by atoms with van der Waals surface area (Å²) in [6.45, 7) is 2.58. The SMILES string of the molecule is Cc1cc(NC(=O)C2CCN(S(=O)(=O)Cc3ccc(Cl)cc3Cl)CC2)ccc1Br. The zero-order valence-electron chi connectivity index (χ0n) is 15.8. The van der Waals surface area contributed by atoms with Crippen LogP contribution in [0, 0.1) is 12.8 Å². The summed E-state index contributed by atoms with van der Waals surface area (Å²) in [4.78, 5) is 12.6. The molecular weight excluding hydrogens is 499 g/mol. The van der Waals surface area contributed by atoms with Crippen molar-refractivity contribution in [3.63, 3.8) is 0 Å². The van der Waals surface area contributed by atoms with Crippen LogP contribution in [0.1, 0.15) is 24.0 Å². The van der Waals surface area contributed by atoms with Gasteiger partial charge in [-0.3, -0.25) is 4.79 Å². The molecule has 3 rings (SSSR count). The number of benzene rings is 2. The number of hydrogen-bond donors (Lipinski definition) is 1. The Bertz CT molecular complexity index is 1020. The first kappa shape index (κ1) is 22.6. The summed E-state index contributed by atoms with van der Waals surface area (Å²) >= 11 is 15.4. The van der Waals surface area contributed by atoms with E-state index in [4.69, 9.17) is 23.2 Å². The van der Waals surface area contributed by atoms with Crippen molar-refractivity contribution in [1.82, 2.24) is 4.31 Å². The van der Waals surface area contributed by atoms with Crippen LogP contribution in [0.15, 0.2) is 40.9 Å². The van der Waals surface area contributed by atoms with Gasteiger partial charge < -0.3 is 5.32 Å². The molecular formula is C20H21BrCl2N2O3S. The molecule has 1 heterocycles.